The van der Waals surface area contributed by atoms with Gasteiger partial charge in [0.05, 0.1) is 47.7 Å². The number of ether oxygens (including phenoxy) is 6. The zero-order valence-corrected chi connectivity index (χ0v) is 17.8. The van der Waals surface area contributed by atoms with Gasteiger partial charge in [0, 0.05) is 5.56 Å². The molecule has 2 rings (SSSR count). The molecule has 7 nitrogen and oxygen atoms in total. The first-order valence-electron chi connectivity index (χ1n) is 9.24. The maximum absolute atomic E-state index is 12.5. The van der Waals surface area contributed by atoms with Crippen LogP contribution in [0.25, 0.3) is 0 Å². The molecule has 0 fully saturated rings. The molecular formula is C22H28O7. The highest BCUT2D eigenvalue weighted by atomic mass is 16.5. The summed E-state index contributed by atoms with van der Waals surface area (Å²) in [6, 6.07) is 7.17. The second-order valence-corrected chi connectivity index (χ2v) is 6.08. The van der Waals surface area contributed by atoms with E-state index < -0.39 is 5.97 Å². The lowest BCUT2D eigenvalue weighted by Gasteiger charge is -2.17. The SMILES string of the molecule is CCOC(=O)c1ccc(OC)c(OC)c1CCc1cc(OC)c(OC)c(OC)c1. The van der Waals surface area contributed by atoms with Gasteiger partial charge < -0.3 is 28.4 Å². The second kappa shape index (κ2) is 10.5. The third kappa shape index (κ3) is 4.85. The Kier molecular flexibility index (Phi) is 8.00. The van der Waals surface area contributed by atoms with Crippen molar-refractivity contribution in [1.29, 1.82) is 0 Å². The molecule has 0 amide bonds. The summed E-state index contributed by atoms with van der Waals surface area (Å²) >= 11 is 0. The summed E-state index contributed by atoms with van der Waals surface area (Å²) in [5.74, 6) is 2.36. The third-order valence-corrected chi connectivity index (χ3v) is 4.53. The van der Waals surface area contributed by atoms with Crippen LogP contribution in [0.15, 0.2) is 24.3 Å². The molecular weight excluding hydrogens is 376 g/mol. The lowest BCUT2D eigenvalue weighted by atomic mass is 9.97. The molecule has 0 saturated carbocycles. The van der Waals surface area contributed by atoms with Crippen molar-refractivity contribution in [3.05, 3.63) is 41.0 Å². The Bertz CT molecular complexity index is 820. The summed E-state index contributed by atoms with van der Waals surface area (Å²) in [5.41, 5.74) is 2.13. The van der Waals surface area contributed by atoms with Crippen LogP contribution in [0, 0.1) is 0 Å². The average Bonchev–Trinajstić information content (AvgIpc) is 2.75. The van der Waals surface area contributed by atoms with Crippen molar-refractivity contribution in [3.8, 4) is 28.7 Å². The standard InChI is InChI=1S/C22H28O7/c1-7-29-22(23)16-10-11-17(24-2)20(27-5)15(16)9-8-14-12-18(25-3)21(28-6)19(13-14)26-4/h10-13H,7-9H2,1-6H3. The molecule has 2 aromatic carbocycles. The summed E-state index contributed by atoms with van der Waals surface area (Å²) in [6.45, 7) is 2.06. The summed E-state index contributed by atoms with van der Waals surface area (Å²) in [4.78, 5) is 12.5. The highest BCUT2D eigenvalue weighted by Crippen LogP contribution is 2.39. The molecule has 0 aromatic heterocycles. The molecule has 0 heterocycles. The molecule has 0 atom stereocenters. The number of methoxy groups -OCH3 is 5. The van der Waals surface area contributed by atoms with Crippen molar-refractivity contribution in [2.45, 2.75) is 19.8 Å². The van der Waals surface area contributed by atoms with Gasteiger partial charge in [-0.1, -0.05) is 0 Å². The van der Waals surface area contributed by atoms with Crippen molar-refractivity contribution in [2.75, 3.05) is 42.2 Å². The van der Waals surface area contributed by atoms with Crippen LogP contribution in [-0.4, -0.2) is 48.1 Å². The summed E-state index contributed by atoms with van der Waals surface area (Å²) in [5, 5.41) is 0. The number of aryl methyl sites for hydroxylation is 1. The number of carbonyl (C=O) groups excluding carboxylic acids is 1. The van der Waals surface area contributed by atoms with Gasteiger partial charge in [-0.05, 0) is 49.6 Å². The summed E-state index contributed by atoms with van der Waals surface area (Å²) in [6.07, 6.45) is 1.12. The van der Waals surface area contributed by atoms with E-state index in [1.807, 2.05) is 12.1 Å². The monoisotopic (exact) mass is 404 g/mol. The van der Waals surface area contributed by atoms with Gasteiger partial charge in [0.2, 0.25) is 5.75 Å². The molecule has 0 bridgehead atoms. The predicted octanol–water partition coefficient (Wildman–Crippen LogP) is 3.69. The molecule has 2 aromatic rings. The second-order valence-electron chi connectivity index (χ2n) is 6.08. The smallest absolute Gasteiger partial charge is 0.338 e. The first-order chi connectivity index (χ1) is 14.0. The largest absolute Gasteiger partial charge is 0.493 e. The summed E-state index contributed by atoms with van der Waals surface area (Å²) < 4.78 is 32.4. The highest BCUT2D eigenvalue weighted by molar-refractivity contribution is 5.92. The predicted molar refractivity (Wildman–Crippen MR) is 109 cm³/mol. The van der Waals surface area contributed by atoms with Gasteiger partial charge in [0.15, 0.2) is 23.0 Å². The van der Waals surface area contributed by atoms with E-state index in [-0.39, 0.29) is 0 Å². The molecule has 0 unspecified atom stereocenters. The Morgan fingerprint density at radius 1 is 0.759 bits per heavy atom. The molecule has 0 spiro atoms. The topological polar surface area (TPSA) is 72.5 Å². The number of esters is 1. The average molecular weight is 404 g/mol. The van der Waals surface area contributed by atoms with E-state index in [9.17, 15) is 4.79 Å². The van der Waals surface area contributed by atoms with Gasteiger partial charge in [0.25, 0.3) is 0 Å². The number of carbonyl (C=O) groups is 1. The Labute approximate surface area is 171 Å². The van der Waals surface area contributed by atoms with E-state index in [4.69, 9.17) is 28.4 Å². The van der Waals surface area contributed by atoms with Gasteiger partial charge in [0.1, 0.15) is 0 Å². The van der Waals surface area contributed by atoms with E-state index >= 15 is 0 Å². The molecule has 0 aliphatic rings. The highest BCUT2D eigenvalue weighted by Gasteiger charge is 2.21. The number of hydrogen-bond donors (Lipinski definition) is 0. The van der Waals surface area contributed by atoms with Gasteiger partial charge in [-0.3, -0.25) is 0 Å². The minimum atomic E-state index is -0.395. The molecule has 29 heavy (non-hydrogen) atoms. The Hall–Kier alpha value is -3.09. The number of rotatable bonds is 10. The maximum Gasteiger partial charge on any atom is 0.338 e. The maximum atomic E-state index is 12.5. The van der Waals surface area contributed by atoms with Crippen molar-refractivity contribution in [3.63, 3.8) is 0 Å². The van der Waals surface area contributed by atoms with E-state index in [1.165, 1.54) is 0 Å². The zero-order valence-electron chi connectivity index (χ0n) is 17.8. The minimum absolute atomic E-state index is 0.291. The van der Waals surface area contributed by atoms with E-state index in [1.54, 1.807) is 54.6 Å². The lowest BCUT2D eigenvalue weighted by molar-refractivity contribution is 0.0524. The van der Waals surface area contributed by atoms with Crippen LogP contribution in [0.4, 0.5) is 0 Å². The van der Waals surface area contributed by atoms with Gasteiger partial charge in [-0.15, -0.1) is 0 Å². The van der Waals surface area contributed by atoms with Crippen LogP contribution in [0.2, 0.25) is 0 Å². The van der Waals surface area contributed by atoms with Crippen LogP contribution in [0.1, 0.15) is 28.4 Å². The quantitative estimate of drug-likeness (QED) is 0.559. The number of hydrogen-bond acceptors (Lipinski definition) is 7. The van der Waals surface area contributed by atoms with Gasteiger partial charge in [-0.2, -0.15) is 0 Å². The van der Waals surface area contributed by atoms with E-state index in [0.29, 0.717) is 53.8 Å². The first kappa shape index (κ1) is 22.2. The third-order valence-electron chi connectivity index (χ3n) is 4.53. The Balaban J connectivity index is 2.44. The molecule has 0 saturated heterocycles. The van der Waals surface area contributed by atoms with Crippen molar-refractivity contribution < 1.29 is 33.2 Å². The summed E-state index contributed by atoms with van der Waals surface area (Å²) in [7, 11) is 7.82. The molecule has 0 aliphatic heterocycles. The van der Waals surface area contributed by atoms with Crippen LogP contribution in [0.5, 0.6) is 28.7 Å². The van der Waals surface area contributed by atoms with Crippen molar-refractivity contribution in [1.82, 2.24) is 0 Å². The molecule has 158 valence electrons. The lowest BCUT2D eigenvalue weighted by Crippen LogP contribution is -2.11. The fraction of sp³-hybridized carbons (Fsp3) is 0.409. The fourth-order valence-electron chi connectivity index (χ4n) is 3.19. The Morgan fingerprint density at radius 2 is 1.34 bits per heavy atom. The van der Waals surface area contributed by atoms with Crippen LogP contribution < -0.4 is 23.7 Å². The Morgan fingerprint density at radius 3 is 1.83 bits per heavy atom. The van der Waals surface area contributed by atoms with Gasteiger partial charge in [-0.25, -0.2) is 4.79 Å². The fourth-order valence-corrected chi connectivity index (χ4v) is 3.19. The normalized spacial score (nSPS) is 10.3. The zero-order chi connectivity index (χ0) is 21.4. The van der Waals surface area contributed by atoms with Crippen molar-refractivity contribution in [2.24, 2.45) is 0 Å². The molecule has 0 radical (unpaired) electrons. The molecule has 0 N–H and O–H groups in total. The van der Waals surface area contributed by atoms with E-state index in [2.05, 4.69) is 0 Å². The van der Waals surface area contributed by atoms with Crippen LogP contribution in [0.3, 0.4) is 0 Å². The first-order valence-corrected chi connectivity index (χ1v) is 9.24. The molecule has 7 heteroatoms. The van der Waals surface area contributed by atoms with Crippen LogP contribution in [-0.2, 0) is 17.6 Å². The van der Waals surface area contributed by atoms with E-state index in [0.717, 1.165) is 11.1 Å². The number of benzene rings is 2. The molecule has 0 aliphatic carbocycles. The minimum Gasteiger partial charge on any atom is -0.493 e. The van der Waals surface area contributed by atoms with Crippen molar-refractivity contribution >= 4 is 5.97 Å². The van der Waals surface area contributed by atoms with Crippen LogP contribution >= 0.6 is 0 Å². The van der Waals surface area contributed by atoms with Gasteiger partial charge >= 0.3 is 5.97 Å².